The van der Waals surface area contributed by atoms with Gasteiger partial charge in [0.1, 0.15) is 5.75 Å². The monoisotopic (exact) mass is 238 g/mol. The molecule has 0 aliphatic carbocycles. The van der Waals surface area contributed by atoms with Crippen LogP contribution in [0.2, 0.25) is 0 Å². The van der Waals surface area contributed by atoms with Crippen LogP contribution in [0.1, 0.15) is 18.9 Å². The van der Waals surface area contributed by atoms with E-state index >= 15 is 0 Å². The van der Waals surface area contributed by atoms with Crippen molar-refractivity contribution in [2.24, 2.45) is 0 Å². The Morgan fingerprint density at radius 1 is 1.53 bits per heavy atom. The lowest BCUT2D eigenvalue weighted by Gasteiger charge is -2.14. The molecular weight excluding hydrogens is 220 g/mol. The molecule has 0 saturated heterocycles. The van der Waals surface area contributed by atoms with Crippen LogP contribution >= 0.6 is 0 Å². The van der Waals surface area contributed by atoms with Crippen LogP contribution in [-0.2, 0) is 6.42 Å². The Balaban J connectivity index is 3.01. The van der Waals surface area contributed by atoms with Crippen molar-refractivity contribution in [1.82, 2.24) is 5.32 Å². The molecule has 1 N–H and O–H groups in total. The normalized spacial score (nSPS) is 12.2. The van der Waals surface area contributed by atoms with Gasteiger partial charge in [0.05, 0.1) is 18.1 Å². The molecule has 1 unspecified atom stereocenters. The highest BCUT2D eigenvalue weighted by atomic mass is 16.6. The van der Waals surface area contributed by atoms with Crippen LogP contribution in [0.5, 0.6) is 5.75 Å². The van der Waals surface area contributed by atoms with Gasteiger partial charge in [0.15, 0.2) is 0 Å². The molecule has 17 heavy (non-hydrogen) atoms. The summed E-state index contributed by atoms with van der Waals surface area (Å²) in [6, 6.07) is 5.24. The van der Waals surface area contributed by atoms with Crippen molar-refractivity contribution in [3.8, 4) is 5.75 Å². The maximum Gasteiger partial charge on any atom is 0.276 e. The third kappa shape index (κ3) is 3.42. The van der Waals surface area contributed by atoms with Gasteiger partial charge in [-0.2, -0.15) is 0 Å². The molecule has 0 aliphatic rings. The maximum atomic E-state index is 11.0. The van der Waals surface area contributed by atoms with E-state index in [2.05, 4.69) is 12.2 Å². The summed E-state index contributed by atoms with van der Waals surface area (Å²) in [5.41, 5.74) is 0.857. The van der Waals surface area contributed by atoms with E-state index in [1.54, 1.807) is 12.1 Å². The van der Waals surface area contributed by atoms with E-state index in [4.69, 9.17) is 4.74 Å². The van der Waals surface area contributed by atoms with Gasteiger partial charge in [-0.1, -0.05) is 6.92 Å². The number of nitrogens with one attached hydrogen (secondary N) is 1. The minimum atomic E-state index is -0.361. The predicted octanol–water partition coefficient (Wildman–Crippen LogP) is 2.14. The Morgan fingerprint density at radius 2 is 2.24 bits per heavy atom. The molecule has 0 bridgehead atoms. The van der Waals surface area contributed by atoms with Gasteiger partial charge in [0.2, 0.25) is 0 Å². The largest absolute Gasteiger partial charge is 0.497 e. The summed E-state index contributed by atoms with van der Waals surface area (Å²) >= 11 is 0. The molecule has 0 fully saturated rings. The molecule has 1 atom stereocenters. The van der Waals surface area contributed by atoms with Gasteiger partial charge < -0.3 is 10.1 Å². The molecule has 1 aromatic rings. The van der Waals surface area contributed by atoms with Crippen molar-refractivity contribution in [3.05, 3.63) is 33.9 Å². The first-order valence-electron chi connectivity index (χ1n) is 5.60. The number of hydrogen-bond acceptors (Lipinski definition) is 4. The highest BCUT2D eigenvalue weighted by Gasteiger charge is 2.17. The summed E-state index contributed by atoms with van der Waals surface area (Å²) in [5, 5.41) is 14.1. The lowest BCUT2D eigenvalue weighted by molar-refractivity contribution is -0.385. The topological polar surface area (TPSA) is 64.4 Å². The van der Waals surface area contributed by atoms with Crippen LogP contribution in [0.4, 0.5) is 5.69 Å². The van der Waals surface area contributed by atoms with Gasteiger partial charge in [-0.15, -0.1) is 0 Å². The quantitative estimate of drug-likeness (QED) is 0.609. The first kappa shape index (κ1) is 13.4. The SMILES string of the molecule is CCC(Cc1ccc(OC)cc1[N+](=O)[O-])NC. The molecule has 0 aliphatic heterocycles. The average molecular weight is 238 g/mol. The molecule has 0 saturated carbocycles. The van der Waals surface area contributed by atoms with Crippen LogP contribution < -0.4 is 10.1 Å². The Morgan fingerprint density at radius 3 is 2.71 bits per heavy atom. The summed E-state index contributed by atoms with van der Waals surface area (Å²) in [5.74, 6) is 0.512. The maximum absolute atomic E-state index is 11.0. The van der Waals surface area contributed by atoms with E-state index < -0.39 is 0 Å². The summed E-state index contributed by atoms with van der Waals surface area (Å²) in [6.45, 7) is 2.05. The van der Waals surface area contributed by atoms with Crippen LogP contribution in [0.25, 0.3) is 0 Å². The minimum absolute atomic E-state index is 0.123. The van der Waals surface area contributed by atoms with Gasteiger partial charge in [-0.3, -0.25) is 10.1 Å². The molecular formula is C12H18N2O3. The fourth-order valence-electron chi connectivity index (χ4n) is 1.73. The van der Waals surface area contributed by atoms with E-state index in [1.165, 1.54) is 13.2 Å². The average Bonchev–Trinajstić information content (AvgIpc) is 2.35. The number of nitrogens with zero attached hydrogens (tertiary/aromatic N) is 1. The fraction of sp³-hybridized carbons (Fsp3) is 0.500. The second-order valence-corrected chi connectivity index (χ2v) is 3.85. The Hall–Kier alpha value is -1.62. The number of hydrogen-bond donors (Lipinski definition) is 1. The summed E-state index contributed by atoms with van der Waals surface area (Å²) in [6.07, 6.45) is 1.58. The zero-order chi connectivity index (χ0) is 12.8. The van der Waals surface area contributed by atoms with Crippen molar-refractivity contribution in [1.29, 1.82) is 0 Å². The number of nitro groups is 1. The van der Waals surface area contributed by atoms with Crippen molar-refractivity contribution < 1.29 is 9.66 Å². The molecule has 0 radical (unpaired) electrons. The van der Waals surface area contributed by atoms with E-state index in [1.807, 2.05) is 7.05 Å². The third-order valence-corrected chi connectivity index (χ3v) is 2.86. The second kappa shape index (κ2) is 6.20. The first-order chi connectivity index (χ1) is 8.12. The van der Waals surface area contributed by atoms with E-state index in [9.17, 15) is 10.1 Å². The Kier molecular flexibility index (Phi) is 4.90. The van der Waals surface area contributed by atoms with Crippen molar-refractivity contribution >= 4 is 5.69 Å². The summed E-state index contributed by atoms with van der Waals surface area (Å²) < 4.78 is 5.00. The number of likely N-dealkylation sites (N-methyl/N-ethyl adjacent to an activating group) is 1. The van der Waals surface area contributed by atoms with Gasteiger partial charge in [0, 0.05) is 11.6 Å². The zero-order valence-electron chi connectivity index (χ0n) is 10.4. The first-order valence-corrected chi connectivity index (χ1v) is 5.60. The number of nitro benzene ring substituents is 1. The Bertz CT molecular complexity index is 389. The smallest absolute Gasteiger partial charge is 0.276 e. The lowest BCUT2D eigenvalue weighted by atomic mass is 10.0. The van der Waals surface area contributed by atoms with Crippen molar-refractivity contribution in [2.45, 2.75) is 25.8 Å². The molecule has 1 aromatic carbocycles. The number of methoxy groups -OCH3 is 1. The molecule has 94 valence electrons. The number of ether oxygens (including phenoxy) is 1. The van der Waals surface area contributed by atoms with Gasteiger partial charge in [-0.05, 0) is 32.0 Å². The minimum Gasteiger partial charge on any atom is -0.497 e. The third-order valence-electron chi connectivity index (χ3n) is 2.86. The molecule has 0 aromatic heterocycles. The molecule has 5 heteroatoms. The van der Waals surface area contributed by atoms with E-state index in [0.717, 1.165) is 12.0 Å². The van der Waals surface area contributed by atoms with Gasteiger partial charge in [0.25, 0.3) is 5.69 Å². The fourth-order valence-corrected chi connectivity index (χ4v) is 1.73. The summed E-state index contributed by atoms with van der Waals surface area (Å²) in [7, 11) is 3.37. The van der Waals surface area contributed by atoms with E-state index in [-0.39, 0.29) is 16.7 Å². The van der Waals surface area contributed by atoms with Crippen molar-refractivity contribution in [3.63, 3.8) is 0 Å². The molecule has 0 amide bonds. The second-order valence-electron chi connectivity index (χ2n) is 3.85. The molecule has 5 nitrogen and oxygen atoms in total. The number of rotatable bonds is 6. The van der Waals surface area contributed by atoms with Crippen LogP contribution in [-0.4, -0.2) is 25.1 Å². The molecule has 0 heterocycles. The molecule has 1 rings (SSSR count). The van der Waals surface area contributed by atoms with Gasteiger partial charge >= 0.3 is 0 Å². The standard InChI is InChI=1S/C12H18N2O3/c1-4-10(13-2)7-9-5-6-11(17-3)8-12(9)14(15)16/h5-6,8,10,13H,4,7H2,1-3H3. The zero-order valence-corrected chi connectivity index (χ0v) is 10.4. The van der Waals surface area contributed by atoms with E-state index in [0.29, 0.717) is 12.2 Å². The Labute approximate surface area is 101 Å². The van der Waals surface area contributed by atoms with Crippen LogP contribution in [0.3, 0.4) is 0 Å². The lowest BCUT2D eigenvalue weighted by Crippen LogP contribution is -2.26. The highest BCUT2D eigenvalue weighted by Crippen LogP contribution is 2.25. The van der Waals surface area contributed by atoms with Crippen LogP contribution in [0.15, 0.2) is 18.2 Å². The van der Waals surface area contributed by atoms with Crippen molar-refractivity contribution in [2.75, 3.05) is 14.2 Å². The predicted molar refractivity (Wildman–Crippen MR) is 66.5 cm³/mol. The number of benzene rings is 1. The van der Waals surface area contributed by atoms with Gasteiger partial charge in [-0.25, -0.2) is 0 Å². The van der Waals surface area contributed by atoms with Crippen LogP contribution in [0, 0.1) is 10.1 Å². The highest BCUT2D eigenvalue weighted by molar-refractivity contribution is 5.46. The summed E-state index contributed by atoms with van der Waals surface area (Å²) in [4.78, 5) is 10.6. The molecule has 0 spiro atoms.